The quantitative estimate of drug-likeness (QED) is 0.548. The lowest BCUT2D eigenvalue weighted by molar-refractivity contribution is 0.0827. The Morgan fingerprint density at radius 1 is 1.19 bits per heavy atom. The Bertz CT molecular complexity index is 930. The van der Waals surface area contributed by atoms with Crippen LogP contribution in [-0.4, -0.2) is 56.5 Å². The van der Waals surface area contributed by atoms with Crippen LogP contribution in [0.1, 0.15) is 29.3 Å². The second kappa shape index (κ2) is 10.2. The number of carbonyl (C=O) groups is 1. The van der Waals surface area contributed by atoms with Crippen molar-refractivity contribution in [3.63, 3.8) is 0 Å². The van der Waals surface area contributed by atoms with Crippen LogP contribution in [-0.2, 0) is 6.54 Å². The second-order valence-electron chi connectivity index (χ2n) is 7.76. The van der Waals surface area contributed by atoms with Gasteiger partial charge in [-0.3, -0.25) is 4.79 Å². The molecule has 1 fully saturated rings. The molecule has 1 amide bonds. The number of nitrogens with one attached hydrogen (secondary N) is 2. The average Bonchev–Trinajstić information content (AvgIpc) is 3.20. The van der Waals surface area contributed by atoms with Crippen molar-refractivity contribution < 1.29 is 13.6 Å². The van der Waals surface area contributed by atoms with Crippen LogP contribution in [0.15, 0.2) is 47.5 Å². The second-order valence-corrected chi connectivity index (χ2v) is 7.76. The SMILES string of the molecule is CCNC(=NCc1ccc(C(=O)N(C)C)cc1)NC1CCN(c2ccc(F)cc2F)C1. The molecule has 8 heteroatoms. The molecule has 3 rings (SSSR count). The van der Waals surface area contributed by atoms with Crippen LogP contribution in [0, 0.1) is 11.6 Å². The van der Waals surface area contributed by atoms with E-state index in [1.165, 1.54) is 12.1 Å². The number of anilines is 1. The highest BCUT2D eigenvalue weighted by atomic mass is 19.1. The van der Waals surface area contributed by atoms with Crippen LogP contribution in [0.3, 0.4) is 0 Å². The van der Waals surface area contributed by atoms with Gasteiger partial charge in [0.2, 0.25) is 0 Å². The molecule has 1 heterocycles. The lowest BCUT2D eigenvalue weighted by atomic mass is 10.1. The number of hydrogen-bond acceptors (Lipinski definition) is 3. The van der Waals surface area contributed by atoms with E-state index in [0.717, 1.165) is 18.1 Å². The van der Waals surface area contributed by atoms with Gasteiger partial charge in [0.05, 0.1) is 12.2 Å². The Kier molecular flexibility index (Phi) is 7.44. The Morgan fingerprint density at radius 2 is 1.94 bits per heavy atom. The van der Waals surface area contributed by atoms with E-state index < -0.39 is 11.6 Å². The highest BCUT2D eigenvalue weighted by Crippen LogP contribution is 2.24. The summed E-state index contributed by atoms with van der Waals surface area (Å²) in [4.78, 5) is 20.1. The highest BCUT2D eigenvalue weighted by molar-refractivity contribution is 5.93. The topological polar surface area (TPSA) is 60.0 Å². The molecule has 0 radical (unpaired) electrons. The molecule has 31 heavy (non-hydrogen) atoms. The Hall–Kier alpha value is -3.16. The molecule has 2 N–H and O–H groups in total. The minimum atomic E-state index is -0.573. The number of guanidine groups is 1. The number of nitrogens with zero attached hydrogens (tertiary/aromatic N) is 3. The standard InChI is InChI=1S/C23H29F2N5O/c1-4-26-23(27-14-16-5-7-17(8-6-16)22(31)29(2)3)28-19-11-12-30(15-19)21-10-9-18(24)13-20(21)25/h5-10,13,19H,4,11-12,14-15H2,1-3H3,(H2,26,27,28). The summed E-state index contributed by atoms with van der Waals surface area (Å²) in [6.45, 7) is 4.46. The Morgan fingerprint density at radius 3 is 2.58 bits per heavy atom. The highest BCUT2D eigenvalue weighted by Gasteiger charge is 2.25. The predicted molar refractivity (Wildman–Crippen MR) is 119 cm³/mol. The summed E-state index contributed by atoms with van der Waals surface area (Å²) in [5, 5.41) is 6.64. The van der Waals surface area contributed by atoms with Crippen LogP contribution in [0.2, 0.25) is 0 Å². The van der Waals surface area contributed by atoms with Crippen LogP contribution in [0.25, 0.3) is 0 Å². The Labute approximate surface area is 182 Å². The van der Waals surface area contributed by atoms with Gasteiger partial charge >= 0.3 is 0 Å². The third-order valence-electron chi connectivity index (χ3n) is 5.15. The number of benzene rings is 2. The van der Waals surface area contributed by atoms with Gasteiger partial charge in [0, 0.05) is 51.4 Å². The van der Waals surface area contributed by atoms with Crippen molar-refractivity contribution in [2.45, 2.75) is 25.9 Å². The summed E-state index contributed by atoms with van der Waals surface area (Å²) in [6.07, 6.45) is 0.822. The van der Waals surface area contributed by atoms with E-state index in [1.807, 2.05) is 24.0 Å². The summed E-state index contributed by atoms with van der Waals surface area (Å²) in [6, 6.07) is 11.2. The van der Waals surface area contributed by atoms with Gasteiger partial charge < -0.3 is 20.4 Å². The lowest BCUT2D eigenvalue weighted by Crippen LogP contribution is -2.44. The first-order valence-corrected chi connectivity index (χ1v) is 10.4. The van der Waals surface area contributed by atoms with Gasteiger partial charge in [-0.25, -0.2) is 13.8 Å². The first-order chi connectivity index (χ1) is 14.9. The third kappa shape index (κ3) is 5.93. The number of aliphatic imine (C=N–C) groups is 1. The van der Waals surface area contributed by atoms with Gasteiger partial charge in [0.1, 0.15) is 11.6 Å². The van der Waals surface area contributed by atoms with E-state index in [9.17, 15) is 13.6 Å². The average molecular weight is 430 g/mol. The van der Waals surface area contributed by atoms with Crippen LogP contribution in [0.5, 0.6) is 0 Å². The summed E-state index contributed by atoms with van der Waals surface area (Å²) >= 11 is 0. The summed E-state index contributed by atoms with van der Waals surface area (Å²) in [5.41, 5.74) is 2.05. The number of halogens is 2. The molecule has 0 saturated carbocycles. The molecule has 6 nitrogen and oxygen atoms in total. The molecule has 2 aromatic carbocycles. The smallest absolute Gasteiger partial charge is 0.253 e. The molecular formula is C23H29F2N5O. The summed E-state index contributed by atoms with van der Waals surface area (Å²) in [7, 11) is 3.45. The zero-order valence-electron chi connectivity index (χ0n) is 18.2. The van der Waals surface area contributed by atoms with Gasteiger partial charge in [-0.2, -0.15) is 0 Å². The number of amides is 1. The van der Waals surface area contributed by atoms with Gasteiger partial charge in [-0.05, 0) is 43.2 Å². The van der Waals surface area contributed by atoms with E-state index in [0.29, 0.717) is 43.4 Å². The summed E-state index contributed by atoms with van der Waals surface area (Å²) < 4.78 is 27.3. The molecule has 166 valence electrons. The fourth-order valence-corrected chi connectivity index (χ4v) is 3.53. The number of hydrogen-bond donors (Lipinski definition) is 2. The van der Waals surface area contributed by atoms with Gasteiger partial charge in [0.15, 0.2) is 5.96 Å². The van der Waals surface area contributed by atoms with Crippen molar-refractivity contribution >= 4 is 17.6 Å². The monoisotopic (exact) mass is 429 g/mol. The number of rotatable bonds is 6. The maximum Gasteiger partial charge on any atom is 0.253 e. The maximum atomic E-state index is 14.1. The molecule has 1 aliphatic heterocycles. The molecule has 1 aliphatic rings. The number of carbonyl (C=O) groups excluding carboxylic acids is 1. The van der Waals surface area contributed by atoms with Crippen molar-refractivity contribution in [1.82, 2.24) is 15.5 Å². The lowest BCUT2D eigenvalue weighted by Gasteiger charge is -2.21. The molecule has 0 aliphatic carbocycles. The van der Waals surface area contributed by atoms with E-state index in [-0.39, 0.29) is 11.9 Å². The van der Waals surface area contributed by atoms with Crippen LogP contribution >= 0.6 is 0 Å². The first-order valence-electron chi connectivity index (χ1n) is 10.4. The molecule has 1 saturated heterocycles. The van der Waals surface area contributed by atoms with Gasteiger partial charge in [-0.15, -0.1) is 0 Å². The van der Waals surface area contributed by atoms with E-state index in [1.54, 1.807) is 31.1 Å². The van der Waals surface area contributed by atoms with Gasteiger partial charge in [-0.1, -0.05) is 12.1 Å². The minimum absolute atomic E-state index is 0.0339. The van der Waals surface area contributed by atoms with Gasteiger partial charge in [0.25, 0.3) is 5.91 Å². The fourth-order valence-electron chi connectivity index (χ4n) is 3.53. The third-order valence-corrected chi connectivity index (χ3v) is 5.15. The fraction of sp³-hybridized carbons (Fsp3) is 0.391. The van der Waals surface area contributed by atoms with Crippen molar-refractivity contribution in [3.05, 3.63) is 65.2 Å². The molecule has 2 aromatic rings. The largest absolute Gasteiger partial charge is 0.367 e. The maximum absolute atomic E-state index is 14.1. The van der Waals surface area contributed by atoms with Crippen molar-refractivity contribution in [2.75, 3.05) is 38.6 Å². The molecule has 0 bridgehead atoms. The minimum Gasteiger partial charge on any atom is -0.367 e. The molecule has 0 spiro atoms. The predicted octanol–water partition coefficient (Wildman–Crippen LogP) is 3.00. The van der Waals surface area contributed by atoms with Crippen LogP contribution in [0.4, 0.5) is 14.5 Å². The first kappa shape index (κ1) is 22.5. The molecule has 0 aromatic heterocycles. The van der Waals surface area contributed by atoms with E-state index in [2.05, 4.69) is 15.6 Å². The molecular weight excluding hydrogens is 400 g/mol. The zero-order chi connectivity index (χ0) is 22.4. The van der Waals surface area contributed by atoms with Crippen LogP contribution < -0.4 is 15.5 Å². The van der Waals surface area contributed by atoms with E-state index in [4.69, 9.17) is 0 Å². The Balaban J connectivity index is 1.60. The van der Waals surface area contributed by atoms with Crippen molar-refractivity contribution in [1.29, 1.82) is 0 Å². The van der Waals surface area contributed by atoms with Crippen molar-refractivity contribution in [2.24, 2.45) is 4.99 Å². The molecule has 1 unspecified atom stereocenters. The normalized spacial score (nSPS) is 16.4. The summed E-state index contributed by atoms with van der Waals surface area (Å²) in [5.74, 6) is -0.468. The zero-order valence-corrected chi connectivity index (χ0v) is 18.2. The molecule has 1 atom stereocenters. The van der Waals surface area contributed by atoms with Crippen molar-refractivity contribution in [3.8, 4) is 0 Å². The van der Waals surface area contributed by atoms with E-state index >= 15 is 0 Å².